The van der Waals surface area contributed by atoms with Gasteiger partial charge in [0.05, 0.1) is 5.92 Å². The number of carbonyl (C=O) groups excluding carboxylic acids is 3. The number of aliphatic hydroxyl groups excluding tert-OH is 1. The Balaban J connectivity index is 1.83. The van der Waals surface area contributed by atoms with E-state index in [2.05, 4.69) is 4.84 Å². The number of carbonyl (C=O) groups is 3. The number of amides is 2. The first kappa shape index (κ1) is 16.7. The first-order valence-electron chi connectivity index (χ1n) is 7.66. The fraction of sp³-hybridized carbons (Fsp3) is 0.167. The van der Waals surface area contributed by atoms with Crippen molar-refractivity contribution in [2.24, 2.45) is 0 Å². The molecule has 0 radical (unpaired) electrons. The lowest BCUT2D eigenvalue weighted by Crippen LogP contribution is -2.38. The highest BCUT2D eigenvalue weighted by molar-refractivity contribution is 6.09. The van der Waals surface area contributed by atoms with Crippen LogP contribution in [0.3, 0.4) is 0 Å². The van der Waals surface area contributed by atoms with E-state index in [0.717, 1.165) is 11.1 Å². The second-order valence-corrected chi connectivity index (χ2v) is 5.48. The van der Waals surface area contributed by atoms with E-state index in [9.17, 15) is 14.4 Å². The summed E-state index contributed by atoms with van der Waals surface area (Å²) in [5.41, 5.74) is 4.09. The van der Waals surface area contributed by atoms with E-state index in [0.29, 0.717) is 5.69 Å². The van der Waals surface area contributed by atoms with E-state index in [4.69, 9.17) is 5.11 Å². The van der Waals surface area contributed by atoms with Gasteiger partial charge in [0.25, 0.3) is 5.91 Å². The van der Waals surface area contributed by atoms with Crippen LogP contribution in [0.25, 0.3) is 0 Å². The third-order valence-electron chi connectivity index (χ3n) is 3.89. The van der Waals surface area contributed by atoms with Crippen molar-refractivity contribution in [1.29, 1.82) is 0 Å². The second kappa shape index (κ2) is 7.14. The summed E-state index contributed by atoms with van der Waals surface area (Å²) in [6.07, 6.45) is 0. The Kier molecular flexibility index (Phi) is 4.76. The van der Waals surface area contributed by atoms with Gasteiger partial charge in [-0.1, -0.05) is 48.5 Å². The van der Waals surface area contributed by atoms with Crippen LogP contribution in [0.5, 0.6) is 0 Å². The van der Waals surface area contributed by atoms with Crippen LogP contribution in [0, 0.1) is 0 Å². The first-order chi connectivity index (χ1) is 12.1. The standard InChI is InChI=1S/C18H16N2O5/c21-11-15(22)19-25-16(23)10-20-14-9-5-4-8-13(14)17(18(20)24)12-6-2-1-3-7-12/h1-9,17,21H,10-11H2,(H,19,22). The van der Waals surface area contributed by atoms with Gasteiger partial charge in [-0.2, -0.15) is 5.48 Å². The van der Waals surface area contributed by atoms with Crippen LogP contribution in [0.4, 0.5) is 5.69 Å². The second-order valence-electron chi connectivity index (χ2n) is 5.48. The Morgan fingerprint density at radius 2 is 1.76 bits per heavy atom. The van der Waals surface area contributed by atoms with Gasteiger partial charge < -0.3 is 9.94 Å². The molecule has 2 aromatic carbocycles. The number of para-hydroxylation sites is 1. The molecule has 0 saturated carbocycles. The number of aliphatic hydroxyl groups is 1. The fourth-order valence-electron chi connectivity index (χ4n) is 2.82. The highest BCUT2D eigenvalue weighted by Crippen LogP contribution is 2.40. The van der Waals surface area contributed by atoms with Gasteiger partial charge in [0.15, 0.2) is 0 Å². The zero-order valence-corrected chi connectivity index (χ0v) is 13.2. The molecule has 0 aromatic heterocycles. The van der Waals surface area contributed by atoms with Gasteiger partial charge in [-0.15, -0.1) is 0 Å². The van der Waals surface area contributed by atoms with Crippen LogP contribution in [0.1, 0.15) is 17.0 Å². The molecule has 128 valence electrons. The minimum absolute atomic E-state index is 0.238. The summed E-state index contributed by atoms with van der Waals surface area (Å²) in [5.74, 6) is -2.38. The number of hydrogen-bond acceptors (Lipinski definition) is 5. The molecule has 3 rings (SSSR count). The number of fused-ring (bicyclic) bond motifs is 1. The molecule has 0 fully saturated rings. The van der Waals surface area contributed by atoms with E-state index >= 15 is 0 Å². The minimum atomic E-state index is -0.844. The molecule has 0 saturated heterocycles. The van der Waals surface area contributed by atoms with Gasteiger partial charge in [0.2, 0.25) is 5.91 Å². The summed E-state index contributed by atoms with van der Waals surface area (Å²) in [7, 11) is 0. The largest absolute Gasteiger partial charge is 0.386 e. The molecule has 1 atom stereocenters. The van der Waals surface area contributed by atoms with E-state index in [-0.39, 0.29) is 12.5 Å². The first-order valence-corrected chi connectivity index (χ1v) is 7.66. The lowest BCUT2D eigenvalue weighted by atomic mass is 9.93. The summed E-state index contributed by atoms with van der Waals surface area (Å²) in [5, 5.41) is 8.60. The van der Waals surface area contributed by atoms with Gasteiger partial charge in [0, 0.05) is 5.69 Å². The highest BCUT2D eigenvalue weighted by Gasteiger charge is 2.39. The van der Waals surface area contributed by atoms with Crippen LogP contribution in [0.15, 0.2) is 54.6 Å². The Hall–Kier alpha value is -3.19. The molecule has 0 bridgehead atoms. The Labute approximate surface area is 143 Å². The molecular formula is C18H16N2O5. The lowest BCUT2D eigenvalue weighted by molar-refractivity contribution is -0.158. The zero-order valence-electron chi connectivity index (χ0n) is 13.2. The van der Waals surface area contributed by atoms with E-state index in [1.54, 1.807) is 12.1 Å². The molecule has 0 aliphatic carbocycles. The summed E-state index contributed by atoms with van der Waals surface area (Å²) in [6, 6.07) is 16.5. The Morgan fingerprint density at radius 1 is 1.08 bits per heavy atom. The molecule has 1 unspecified atom stereocenters. The van der Waals surface area contributed by atoms with Gasteiger partial charge in [0.1, 0.15) is 13.2 Å². The molecule has 0 spiro atoms. The van der Waals surface area contributed by atoms with Crippen molar-refractivity contribution in [1.82, 2.24) is 5.48 Å². The van der Waals surface area contributed by atoms with Crippen LogP contribution >= 0.6 is 0 Å². The fourth-order valence-corrected chi connectivity index (χ4v) is 2.82. The lowest BCUT2D eigenvalue weighted by Gasteiger charge is -2.17. The third kappa shape index (κ3) is 3.36. The topological polar surface area (TPSA) is 95.9 Å². The maximum atomic E-state index is 12.9. The quantitative estimate of drug-likeness (QED) is 0.800. The number of anilines is 1. The van der Waals surface area contributed by atoms with Crippen molar-refractivity contribution in [3.8, 4) is 0 Å². The molecular weight excluding hydrogens is 324 g/mol. The normalized spacial score (nSPS) is 15.6. The van der Waals surface area contributed by atoms with Gasteiger partial charge >= 0.3 is 5.97 Å². The number of benzene rings is 2. The van der Waals surface area contributed by atoms with Crippen LogP contribution in [-0.4, -0.2) is 36.0 Å². The van der Waals surface area contributed by atoms with Crippen LogP contribution < -0.4 is 10.4 Å². The summed E-state index contributed by atoms with van der Waals surface area (Å²) >= 11 is 0. The SMILES string of the molecule is O=C(CO)NOC(=O)CN1C(=O)C(c2ccccc2)c2ccccc21. The van der Waals surface area contributed by atoms with Gasteiger partial charge in [-0.3, -0.25) is 14.5 Å². The summed E-state index contributed by atoms with van der Waals surface area (Å²) in [4.78, 5) is 41.6. The van der Waals surface area contributed by atoms with Gasteiger partial charge in [-0.05, 0) is 17.2 Å². The van der Waals surface area contributed by atoms with Crippen LogP contribution in [-0.2, 0) is 19.2 Å². The number of nitrogens with one attached hydrogen (secondary N) is 1. The Bertz CT molecular complexity index is 806. The smallest absolute Gasteiger partial charge is 0.351 e. The predicted molar refractivity (Wildman–Crippen MR) is 88.4 cm³/mol. The molecule has 1 aliphatic rings. The van der Waals surface area contributed by atoms with E-state index < -0.39 is 24.4 Å². The monoisotopic (exact) mass is 340 g/mol. The Morgan fingerprint density at radius 3 is 2.48 bits per heavy atom. The number of hydrogen-bond donors (Lipinski definition) is 2. The number of hydroxylamine groups is 1. The number of rotatable bonds is 4. The van der Waals surface area contributed by atoms with Crippen molar-refractivity contribution >= 4 is 23.5 Å². The van der Waals surface area contributed by atoms with Crippen molar-refractivity contribution in [3.63, 3.8) is 0 Å². The molecule has 1 heterocycles. The molecule has 2 amide bonds. The highest BCUT2D eigenvalue weighted by atomic mass is 16.7. The number of nitrogens with zero attached hydrogens (tertiary/aromatic N) is 1. The third-order valence-corrected chi connectivity index (χ3v) is 3.89. The van der Waals surface area contributed by atoms with Crippen molar-refractivity contribution in [2.45, 2.75) is 5.92 Å². The molecule has 7 nitrogen and oxygen atoms in total. The molecule has 25 heavy (non-hydrogen) atoms. The van der Waals surface area contributed by atoms with Crippen molar-refractivity contribution in [2.75, 3.05) is 18.1 Å². The van der Waals surface area contributed by atoms with Crippen molar-refractivity contribution < 1.29 is 24.3 Å². The summed E-state index contributed by atoms with van der Waals surface area (Å²) < 4.78 is 0. The maximum absolute atomic E-state index is 12.9. The molecule has 7 heteroatoms. The van der Waals surface area contributed by atoms with Crippen LogP contribution in [0.2, 0.25) is 0 Å². The molecule has 2 aromatic rings. The predicted octanol–water partition coefficient (Wildman–Crippen LogP) is 0.732. The summed E-state index contributed by atoms with van der Waals surface area (Å²) in [6.45, 7) is -1.14. The van der Waals surface area contributed by atoms with E-state index in [1.807, 2.05) is 47.9 Å². The van der Waals surface area contributed by atoms with E-state index in [1.165, 1.54) is 4.90 Å². The minimum Gasteiger partial charge on any atom is -0.386 e. The average molecular weight is 340 g/mol. The van der Waals surface area contributed by atoms with Crippen molar-refractivity contribution in [3.05, 3.63) is 65.7 Å². The zero-order chi connectivity index (χ0) is 17.8. The average Bonchev–Trinajstić information content (AvgIpc) is 2.92. The molecule has 1 aliphatic heterocycles. The van der Waals surface area contributed by atoms with Gasteiger partial charge in [-0.25, -0.2) is 4.79 Å². The molecule has 2 N–H and O–H groups in total. The maximum Gasteiger partial charge on any atom is 0.351 e.